The summed E-state index contributed by atoms with van der Waals surface area (Å²) in [6.07, 6.45) is 25.8. The normalized spacial score (nSPS) is 11.2. The van der Waals surface area contributed by atoms with Crippen molar-refractivity contribution in [3.8, 4) is 11.5 Å². The van der Waals surface area contributed by atoms with Crippen molar-refractivity contribution in [3.05, 3.63) is 29.8 Å². The van der Waals surface area contributed by atoms with Gasteiger partial charge in [-0.1, -0.05) is 116 Å². The van der Waals surface area contributed by atoms with E-state index in [1.807, 2.05) is 0 Å². The van der Waals surface area contributed by atoms with Crippen LogP contribution in [0.4, 0.5) is 0 Å². The molecule has 0 saturated heterocycles. The predicted molar refractivity (Wildman–Crippen MR) is 139 cm³/mol. The number of carbonyl (C=O) groups is 1. The van der Waals surface area contributed by atoms with Gasteiger partial charge in [0.25, 0.3) is 0 Å². The van der Waals surface area contributed by atoms with Crippen molar-refractivity contribution in [1.82, 2.24) is 0 Å². The van der Waals surface area contributed by atoms with Gasteiger partial charge in [0.1, 0.15) is 0 Å². The molecule has 0 spiro atoms. The number of ether oxygens (including phenoxy) is 2. The summed E-state index contributed by atoms with van der Waals surface area (Å²) >= 11 is 0. The minimum Gasteiger partial charge on any atom is -0.504 e. The van der Waals surface area contributed by atoms with Crippen LogP contribution in [0, 0.1) is 0 Å². The molecule has 188 valence electrons. The van der Waals surface area contributed by atoms with Crippen LogP contribution in [0.3, 0.4) is 0 Å². The Hall–Kier alpha value is -1.97. The molecule has 4 nitrogen and oxygen atoms in total. The van der Waals surface area contributed by atoms with Crippen molar-refractivity contribution in [2.24, 2.45) is 0 Å². The van der Waals surface area contributed by atoms with Gasteiger partial charge in [-0.3, -0.25) is 0 Å². The fraction of sp³-hybridized carbons (Fsp3) is 0.690. The van der Waals surface area contributed by atoms with Gasteiger partial charge >= 0.3 is 5.97 Å². The summed E-state index contributed by atoms with van der Waals surface area (Å²) in [5.41, 5.74) is 0.777. The summed E-state index contributed by atoms with van der Waals surface area (Å²) < 4.78 is 10.3. The molecule has 1 aromatic rings. The van der Waals surface area contributed by atoms with Crippen LogP contribution in [-0.2, 0) is 9.53 Å². The van der Waals surface area contributed by atoms with Crippen molar-refractivity contribution >= 4 is 12.0 Å². The monoisotopic (exact) mass is 460 g/mol. The lowest BCUT2D eigenvalue weighted by molar-refractivity contribution is -0.137. The molecule has 0 atom stereocenters. The van der Waals surface area contributed by atoms with E-state index in [1.165, 1.54) is 109 Å². The second-order valence-corrected chi connectivity index (χ2v) is 9.09. The van der Waals surface area contributed by atoms with E-state index in [2.05, 4.69) is 6.92 Å². The van der Waals surface area contributed by atoms with Crippen LogP contribution < -0.4 is 4.74 Å². The molecular weight excluding hydrogens is 412 g/mol. The Balaban J connectivity index is 1.87. The highest BCUT2D eigenvalue weighted by molar-refractivity contribution is 5.87. The summed E-state index contributed by atoms with van der Waals surface area (Å²) in [6.45, 7) is 2.75. The highest BCUT2D eigenvalue weighted by atomic mass is 16.5. The number of unbranched alkanes of at least 4 members (excludes halogenated alkanes) is 16. The zero-order valence-electron chi connectivity index (χ0n) is 21.3. The van der Waals surface area contributed by atoms with Gasteiger partial charge in [-0.05, 0) is 30.2 Å². The zero-order valence-corrected chi connectivity index (χ0v) is 21.3. The summed E-state index contributed by atoms with van der Waals surface area (Å²) in [7, 11) is 1.50. The number of methoxy groups -OCH3 is 1. The van der Waals surface area contributed by atoms with Gasteiger partial charge in [0.2, 0.25) is 0 Å². The first-order valence-corrected chi connectivity index (χ1v) is 13.4. The molecule has 0 radical (unpaired) electrons. The fourth-order valence-electron chi connectivity index (χ4n) is 4.01. The van der Waals surface area contributed by atoms with Crippen LogP contribution >= 0.6 is 0 Å². The Labute approximate surface area is 202 Å². The second-order valence-electron chi connectivity index (χ2n) is 9.09. The third-order valence-electron chi connectivity index (χ3n) is 6.11. The molecule has 0 amide bonds. The highest BCUT2D eigenvalue weighted by Crippen LogP contribution is 2.26. The van der Waals surface area contributed by atoms with Crippen molar-refractivity contribution < 1.29 is 19.4 Å². The topological polar surface area (TPSA) is 55.8 Å². The number of esters is 1. The van der Waals surface area contributed by atoms with Crippen molar-refractivity contribution in [2.45, 2.75) is 116 Å². The molecular formula is C29H48O4. The summed E-state index contributed by atoms with van der Waals surface area (Å²) in [5.74, 6) is 0.128. The Morgan fingerprint density at radius 3 is 1.76 bits per heavy atom. The molecule has 0 aromatic heterocycles. The number of phenolic OH excluding ortho intramolecular Hbond substituents is 1. The Kier molecular flexibility index (Phi) is 18.2. The van der Waals surface area contributed by atoms with Gasteiger partial charge < -0.3 is 14.6 Å². The van der Waals surface area contributed by atoms with Gasteiger partial charge in [-0.2, -0.15) is 0 Å². The lowest BCUT2D eigenvalue weighted by atomic mass is 10.0. The first-order chi connectivity index (χ1) is 16.2. The van der Waals surface area contributed by atoms with E-state index in [9.17, 15) is 9.90 Å². The fourth-order valence-corrected chi connectivity index (χ4v) is 4.01. The van der Waals surface area contributed by atoms with E-state index in [4.69, 9.17) is 9.47 Å². The smallest absolute Gasteiger partial charge is 0.330 e. The Morgan fingerprint density at radius 2 is 1.27 bits per heavy atom. The SMILES string of the molecule is CCCCCCCCCCCCCCCCCCCOC(=O)/C=C/c1ccc(O)c(OC)c1. The summed E-state index contributed by atoms with van der Waals surface area (Å²) in [4.78, 5) is 11.8. The third kappa shape index (κ3) is 16.3. The van der Waals surface area contributed by atoms with Gasteiger partial charge in [0, 0.05) is 6.08 Å². The third-order valence-corrected chi connectivity index (χ3v) is 6.11. The zero-order chi connectivity index (χ0) is 24.0. The van der Waals surface area contributed by atoms with Crippen LogP contribution in [0.2, 0.25) is 0 Å². The second kappa shape index (κ2) is 20.6. The number of hydrogen-bond donors (Lipinski definition) is 1. The molecule has 4 heteroatoms. The van der Waals surface area contributed by atoms with Gasteiger partial charge in [0.05, 0.1) is 13.7 Å². The Bertz CT molecular complexity index is 639. The number of benzene rings is 1. The van der Waals surface area contributed by atoms with Crippen LogP contribution in [0.1, 0.15) is 122 Å². The molecule has 0 aliphatic rings. The minimum atomic E-state index is -0.335. The molecule has 1 aromatic carbocycles. The maximum Gasteiger partial charge on any atom is 0.330 e. The summed E-state index contributed by atoms with van der Waals surface area (Å²) in [6, 6.07) is 4.94. The average molecular weight is 461 g/mol. The molecule has 0 aliphatic heterocycles. The molecule has 0 bridgehead atoms. The molecule has 0 fully saturated rings. The van der Waals surface area contributed by atoms with E-state index in [-0.39, 0.29) is 11.7 Å². The summed E-state index contributed by atoms with van der Waals surface area (Å²) in [5, 5.41) is 9.59. The van der Waals surface area contributed by atoms with E-state index in [0.717, 1.165) is 18.4 Å². The van der Waals surface area contributed by atoms with Crippen molar-refractivity contribution in [1.29, 1.82) is 0 Å². The van der Waals surface area contributed by atoms with Crippen LogP contribution in [0.15, 0.2) is 24.3 Å². The number of phenols is 1. The first kappa shape index (κ1) is 29.1. The van der Waals surface area contributed by atoms with Crippen molar-refractivity contribution in [2.75, 3.05) is 13.7 Å². The quantitative estimate of drug-likeness (QED) is 0.113. The molecule has 33 heavy (non-hydrogen) atoms. The lowest BCUT2D eigenvalue weighted by Crippen LogP contribution is -2.02. The largest absolute Gasteiger partial charge is 0.504 e. The average Bonchev–Trinajstić information content (AvgIpc) is 2.82. The van der Waals surface area contributed by atoms with Crippen LogP contribution in [0.25, 0.3) is 6.08 Å². The number of hydrogen-bond acceptors (Lipinski definition) is 4. The van der Waals surface area contributed by atoms with Gasteiger partial charge in [-0.25, -0.2) is 4.79 Å². The number of carbonyl (C=O) groups excluding carboxylic acids is 1. The van der Waals surface area contributed by atoms with E-state index < -0.39 is 0 Å². The van der Waals surface area contributed by atoms with Crippen molar-refractivity contribution in [3.63, 3.8) is 0 Å². The molecule has 0 heterocycles. The minimum absolute atomic E-state index is 0.0797. The van der Waals surface area contributed by atoms with Gasteiger partial charge in [-0.15, -0.1) is 0 Å². The van der Waals surface area contributed by atoms with Crippen LogP contribution in [-0.4, -0.2) is 24.8 Å². The van der Waals surface area contributed by atoms with E-state index in [0.29, 0.717) is 12.4 Å². The Morgan fingerprint density at radius 1 is 0.788 bits per heavy atom. The maximum absolute atomic E-state index is 11.8. The van der Waals surface area contributed by atoms with E-state index >= 15 is 0 Å². The standard InChI is InChI=1S/C29H48O4/c1-3-4-5-6-7-8-9-10-11-12-13-14-15-16-17-18-19-24-33-29(31)23-21-26-20-22-27(30)28(25-26)32-2/h20-23,25,30H,3-19,24H2,1-2H3/b23-21+. The number of rotatable bonds is 21. The predicted octanol–water partition coefficient (Wildman–Crippen LogP) is 8.61. The molecule has 0 unspecified atom stereocenters. The first-order valence-electron chi connectivity index (χ1n) is 13.4. The van der Waals surface area contributed by atoms with Crippen LogP contribution in [0.5, 0.6) is 11.5 Å². The number of aromatic hydroxyl groups is 1. The van der Waals surface area contributed by atoms with E-state index in [1.54, 1.807) is 24.3 Å². The molecule has 1 N–H and O–H groups in total. The molecule has 0 saturated carbocycles. The maximum atomic E-state index is 11.8. The lowest BCUT2D eigenvalue weighted by Gasteiger charge is -2.05. The molecule has 0 aliphatic carbocycles. The molecule has 1 rings (SSSR count). The van der Waals surface area contributed by atoms with Gasteiger partial charge in [0.15, 0.2) is 11.5 Å². The highest BCUT2D eigenvalue weighted by Gasteiger charge is 2.02.